The van der Waals surface area contributed by atoms with E-state index < -0.39 is 0 Å². The molecule has 2 heterocycles. The number of fused-ring (bicyclic) bond motifs is 1. The minimum absolute atomic E-state index is 0. The van der Waals surface area contributed by atoms with Crippen molar-refractivity contribution in [3.05, 3.63) is 125 Å². The Bertz CT molecular complexity index is 1240. The quantitative estimate of drug-likeness (QED) is 0.284. The number of hydrogen-bond acceptors (Lipinski definition) is 3. The van der Waals surface area contributed by atoms with Gasteiger partial charge in [0.05, 0.1) is 5.82 Å². The van der Waals surface area contributed by atoms with E-state index in [9.17, 15) is 4.79 Å². The maximum Gasteiger partial charge on any atom is 2.00 e. The summed E-state index contributed by atoms with van der Waals surface area (Å²) in [5.41, 5.74) is 3.35. The minimum atomic E-state index is -0.0914. The third-order valence-corrected chi connectivity index (χ3v) is 4.50. The van der Waals surface area contributed by atoms with Crippen LogP contribution in [0.4, 0.5) is 0 Å². The second kappa shape index (κ2) is 10.7. The van der Waals surface area contributed by atoms with Crippen LogP contribution in [0.5, 0.6) is 5.75 Å². The topological polar surface area (TPSA) is 70.9 Å². The Hall–Kier alpha value is -3.20. The first-order valence-electron chi connectivity index (χ1n) is 9.47. The zero-order valence-electron chi connectivity index (χ0n) is 16.8. The van der Waals surface area contributed by atoms with E-state index >= 15 is 0 Å². The minimum Gasteiger partial charge on any atom is -0.533 e. The van der Waals surface area contributed by atoms with Crippen molar-refractivity contribution in [3.8, 4) is 22.8 Å². The standard InChI is InChI=1S/C19H14N3O.C6H5O.Cd/c23-19-16(11-14-7-3-1-4-8-14)21-18-12-20-17(13-22(18)19)15-9-5-2-6-10-15;7-6-4-2-1-3-5-6;/h1-10,13,20H,11H2;2-5,7H;/q2*-1;+2. The number of H-pyrrole nitrogens is 1. The molecule has 0 saturated heterocycles. The van der Waals surface area contributed by atoms with Crippen LogP contribution in [0, 0.1) is 12.3 Å². The van der Waals surface area contributed by atoms with Crippen molar-refractivity contribution in [3.63, 3.8) is 0 Å². The second-order valence-corrected chi connectivity index (χ2v) is 6.64. The Morgan fingerprint density at radius 3 is 2.19 bits per heavy atom. The molecule has 5 rings (SSSR count). The van der Waals surface area contributed by atoms with E-state index in [0.29, 0.717) is 23.7 Å². The van der Waals surface area contributed by atoms with Crippen molar-refractivity contribution in [1.29, 1.82) is 0 Å². The maximum absolute atomic E-state index is 12.6. The molecule has 0 fully saturated rings. The number of benzene rings is 3. The van der Waals surface area contributed by atoms with Gasteiger partial charge in [-0.25, -0.2) is 4.98 Å². The molecular weight excluding hydrogens is 487 g/mol. The first kappa shape index (κ1) is 22.5. The summed E-state index contributed by atoms with van der Waals surface area (Å²) in [6.07, 6.45) is 5.30. The first-order chi connectivity index (χ1) is 14.7. The first-order valence-corrected chi connectivity index (χ1v) is 9.47. The number of phenols is 1. The summed E-state index contributed by atoms with van der Waals surface area (Å²) in [4.78, 5) is 20.1. The van der Waals surface area contributed by atoms with Gasteiger partial charge >= 0.3 is 27.3 Å². The van der Waals surface area contributed by atoms with E-state index in [1.54, 1.807) is 35.0 Å². The number of imidazole rings is 1. The number of nitrogens with zero attached hydrogens (tertiary/aromatic N) is 2. The molecule has 0 aromatic heterocycles. The molecular formula is C25H19CdN3O2. The average Bonchev–Trinajstić information content (AvgIpc) is 3.11. The number of phenolic OH excluding ortho intramolecular Hbond substituents is 1. The molecule has 0 spiro atoms. The molecule has 0 unspecified atom stereocenters. The van der Waals surface area contributed by atoms with E-state index in [4.69, 9.17) is 5.11 Å². The van der Waals surface area contributed by atoms with Crippen LogP contribution in [0.2, 0.25) is 0 Å². The van der Waals surface area contributed by atoms with Gasteiger partial charge in [-0.2, -0.15) is 18.2 Å². The van der Waals surface area contributed by atoms with Gasteiger partial charge in [0, 0.05) is 12.2 Å². The Labute approximate surface area is 200 Å². The van der Waals surface area contributed by atoms with Gasteiger partial charge in [-0.1, -0.05) is 71.9 Å². The predicted molar refractivity (Wildman–Crippen MR) is 116 cm³/mol. The monoisotopic (exact) mass is 507 g/mol. The predicted octanol–water partition coefficient (Wildman–Crippen LogP) is 4.25. The van der Waals surface area contributed by atoms with Crippen LogP contribution in [-0.4, -0.2) is 19.6 Å². The van der Waals surface area contributed by atoms with Crippen LogP contribution in [0.15, 0.2) is 95.9 Å². The molecule has 0 aliphatic carbocycles. The molecule has 0 bridgehead atoms. The van der Waals surface area contributed by atoms with Crippen LogP contribution in [0.1, 0.15) is 11.3 Å². The van der Waals surface area contributed by atoms with Gasteiger partial charge in [0.15, 0.2) is 0 Å². The summed E-state index contributed by atoms with van der Waals surface area (Å²) in [5.74, 6) is 0.805. The van der Waals surface area contributed by atoms with Gasteiger partial charge < -0.3 is 10.1 Å². The fraction of sp³-hybridized carbons (Fsp3) is 0.0400. The fourth-order valence-corrected chi connectivity index (χ4v) is 3.00. The molecule has 6 heteroatoms. The van der Waals surface area contributed by atoms with Gasteiger partial charge in [0.2, 0.25) is 0 Å². The molecule has 0 saturated carbocycles. The van der Waals surface area contributed by atoms with Crippen molar-refractivity contribution in [2.75, 3.05) is 0 Å². The molecule has 0 atom stereocenters. The summed E-state index contributed by atoms with van der Waals surface area (Å²) in [5, 5.41) is 8.61. The summed E-state index contributed by atoms with van der Waals surface area (Å²) < 4.78 is 1.55. The Morgan fingerprint density at radius 1 is 0.935 bits per heavy atom. The number of hydrogen-bond donors (Lipinski definition) is 2. The third kappa shape index (κ3) is 5.70. The van der Waals surface area contributed by atoms with Crippen molar-refractivity contribution in [1.82, 2.24) is 14.5 Å². The summed E-state index contributed by atoms with van der Waals surface area (Å²) >= 11 is 0. The van der Waals surface area contributed by atoms with Crippen LogP contribution in [0.25, 0.3) is 17.1 Å². The van der Waals surface area contributed by atoms with Gasteiger partial charge in [0.25, 0.3) is 5.56 Å². The van der Waals surface area contributed by atoms with Crippen LogP contribution >= 0.6 is 0 Å². The number of nitrogens with one attached hydrogen (secondary N) is 1. The molecule has 2 aliphatic rings. The van der Waals surface area contributed by atoms with Crippen LogP contribution < -0.4 is 5.56 Å². The smallest absolute Gasteiger partial charge is 0.533 e. The molecule has 0 amide bonds. The van der Waals surface area contributed by atoms with Crippen molar-refractivity contribution in [2.45, 2.75) is 6.42 Å². The summed E-state index contributed by atoms with van der Waals surface area (Å²) in [6, 6.07) is 29.0. The largest absolute Gasteiger partial charge is 2.00 e. The average molecular weight is 506 g/mol. The third-order valence-electron chi connectivity index (χ3n) is 4.50. The molecule has 0 radical (unpaired) electrons. The fourth-order valence-electron chi connectivity index (χ4n) is 3.00. The van der Waals surface area contributed by atoms with Gasteiger partial charge in [-0.05, 0) is 11.8 Å². The number of aromatic nitrogens is 3. The Morgan fingerprint density at radius 2 is 1.58 bits per heavy atom. The summed E-state index contributed by atoms with van der Waals surface area (Å²) in [7, 11) is 0. The molecule has 3 aromatic rings. The van der Waals surface area contributed by atoms with Crippen molar-refractivity contribution in [2.24, 2.45) is 0 Å². The molecule has 2 N–H and O–H groups in total. The molecule has 2 aliphatic heterocycles. The van der Waals surface area contributed by atoms with E-state index in [1.165, 1.54) is 0 Å². The van der Waals surface area contributed by atoms with Gasteiger partial charge in [0.1, 0.15) is 5.69 Å². The van der Waals surface area contributed by atoms with Crippen LogP contribution in [-0.2, 0) is 33.7 Å². The zero-order chi connectivity index (χ0) is 20.8. The van der Waals surface area contributed by atoms with Crippen LogP contribution in [0.3, 0.4) is 0 Å². The van der Waals surface area contributed by atoms with E-state index in [1.807, 2.05) is 60.7 Å². The molecule has 148 valence electrons. The summed E-state index contributed by atoms with van der Waals surface area (Å²) in [6.45, 7) is 0. The molecule has 5 nitrogen and oxygen atoms in total. The van der Waals surface area contributed by atoms with Gasteiger partial charge in [-0.3, -0.25) is 9.36 Å². The SMILES string of the molecule is O=c1c(Cc2ccccc2)nc2[c-][nH]c(-c3ccccc3)cn1-2.Oc1cc[c-]cc1.[Cd+2]. The normalized spacial score (nSPS) is 10.1. The van der Waals surface area contributed by atoms with Gasteiger partial charge in [-0.15, -0.1) is 18.3 Å². The molecule has 31 heavy (non-hydrogen) atoms. The number of aromatic amines is 1. The van der Waals surface area contributed by atoms with E-state index in [0.717, 1.165) is 16.8 Å². The Kier molecular flexibility index (Phi) is 7.77. The van der Waals surface area contributed by atoms with Crippen molar-refractivity contribution >= 4 is 0 Å². The Balaban J connectivity index is 0.000000292. The number of rotatable bonds is 3. The van der Waals surface area contributed by atoms with E-state index in [-0.39, 0.29) is 32.9 Å². The maximum atomic E-state index is 12.6. The second-order valence-electron chi connectivity index (χ2n) is 6.64. The zero-order valence-corrected chi connectivity index (χ0v) is 20.9. The van der Waals surface area contributed by atoms with Crippen molar-refractivity contribution < 1.29 is 32.4 Å². The molecule has 3 aromatic carbocycles. The van der Waals surface area contributed by atoms with E-state index in [2.05, 4.69) is 22.2 Å². The number of aromatic hydroxyl groups is 1.